The van der Waals surface area contributed by atoms with Gasteiger partial charge in [-0.3, -0.25) is 14.9 Å². The number of nitrogens with zero attached hydrogens (tertiary/aromatic N) is 1. The van der Waals surface area contributed by atoms with Gasteiger partial charge in [-0.25, -0.2) is 0 Å². The quantitative estimate of drug-likeness (QED) is 0.539. The minimum absolute atomic E-state index is 0.0122. The lowest BCUT2D eigenvalue weighted by Crippen LogP contribution is -2.13. The van der Waals surface area contributed by atoms with E-state index in [9.17, 15) is 14.9 Å². The van der Waals surface area contributed by atoms with Crippen LogP contribution in [0, 0.1) is 18.3 Å². The highest BCUT2D eigenvalue weighted by Gasteiger charge is 2.22. The molecule has 0 spiro atoms. The SMILES string of the molecule is CC(=O)c1c(C)oc(NC(=O)CCCOc2ccc(Cl)cc2Cl)c1C#N. The summed E-state index contributed by atoms with van der Waals surface area (Å²) < 4.78 is 10.8. The van der Waals surface area contributed by atoms with Gasteiger partial charge in [0, 0.05) is 11.4 Å². The summed E-state index contributed by atoms with van der Waals surface area (Å²) in [7, 11) is 0. The molecule has 136 valence electrons. The second kappa shape index (κ2) is 8.75. The molecule has 0 radical (unpaired) electrons. The van der Waals surface area contributed by atoms with E-state index < -0.39 is 0 Å². The fraction of sp³-hybridized carbons (Fsp3) is 0.278. The number of hydrogen-bond donors (Lipinski definition) is 1. The molecule has 1 heterocycles. The molecule has 0 aliphatic rings. The van der Waals surface area contributed by atoms with Crippen molar-refractivity contribution >= 4 is 40.8 Å². The van der Waals surface area contributed by atoms with Gasteiger partial charge in [0.15, 0.2) is 5.78 Å². The zero-order valence-corrected chi connectivity index (χ0v) is 15.7. The van der Waals surface area contributed by atoms with Gasteiger partial charge in [-0.1, -0.05) is 23.2 Å². The first kappa shape index (κ1) is 19.8. The number of nitriles is 1. The molecule has 1 aromatic heterocycles. The second-order valence-corrected chi connectivity index (χ2v) is 6.32. The average molecular weight is 395 g/mol. The first-order valence-corrected chi connectivity index (χ1v) is 8.51. The number of aryl methyl sites for hydroxylation is 1. The van der Waals surface area contributed by atoms with Crippen LogP contribution in [-0.4, -0.2) is 18.3 Å². The molecule has 0 atom stereocenters. The molecule has 0 bridgehead atoms. The average Bonchev–Trinajstić information content (AvgIpc) is 2.88. The number of Topliss-reactive ketones (excluding diaryl/α,β-unsaturated/α-hetero) is 1. The summed E-state index contributed by atoms with van der Waals surface area (Å²) >= 11 is 11.8. The Labute approximate surface area is 160 Å². The molecule has 0 unspecified atom stereocenters. The Morgan fingerprint density at radius 2 is 2.08 bits per heavy atom. The Hall–Kier alpha value is -2.49. The minimum atomic E-state index is -0.351. The van der Waals surface area contributed by atoms with Crippen molar-refractivity contribution < 1.29 is 18.7 Å². The summed E-state index contributed by atoms with van der Waals surface area (Å²) in [5.41, 5.74) is 0.219. The highest BCUT2D eigenvalue weighted by atomic mass is 35.5. The van der Waals surface area contributed by atoms with E-state index in [1.807, 2.05) is 6.07 Å². The highest BCUT2D eigenvalue weighted by molar-refractivity contribution is 6.35. The molecule has 2 aromatic rings. The maximum Gasteiger partial charge on any atom is 0.226 e. The number of ketones is 1. The third kappa shape index (κ3) is 4.78. The number of carbonyl (C=O) groups is 2. The van der Waals surface area contributed by atoms with Crippen LogP contribution >= 0.6 is 23.2 Å². The van der Waals surface area contributed by atoms with E-state index in [2.05, 4.69) is 5.32 Å². The van der Waals surface area contributed by atoms with Crippen molar-refractivity contribution in [1.82, 2.24) is 0 Å². The molecule has 0 saturated heterocycles. The van der Waals surface area contributed by atoms with Crippen molar-refractivity contribution in [1.29, 1.82) is 5.26 Å². The van der Waals surface area contributed by atoms with Crippen LogP contribution < -0.4 is 10.1 Å². The zero-order chi connectivity index (χ0) is 19.3. The standard InChI is InChI=1S/C18H16Cl2N2O4/c1-10(23)17-11(2)26-18(13(17)9-21)22-16(24)4-3-7-25-15-6-5-12(19)8-14(15)20/h5-6,8H,3-4,7H2,1-2H3,(H,22,24). The maximum absolute atomic E-state index is 12.0. The van der Waals surface area contributed by atoms with Gasteiger partial charge in [0.05, 0.1) is 17.2 Å². The van der Waals surface area contributed by atoms with E-state index in [0.29, 0.717) is 28.0 Å². The van der Waals surface area contributed by atoms with Crippen molar-refractivity contribution in [3.05, 3.63) is 45.1 Å². The van der Waals surface area contributed by atoms with Gasteiger partial charge in [-0.15, -0.1) is 0 Å². The molecule has 1 amide bonds. The van der Waals surface area contributed by atoms with E-state index in [-0.39, 0.29) is 41.7 Å². The number of hydrogen-bond acceptors (Lipinski definition) is 5. The fourth-order valence-corrected chi connectivity index (χ4v) is 2.82. The van der Waals surface area contributed by atoms with Crippen molar-refractivity contribution in [2.45, 2.75) is 26.7 Å². The molecule has 0 aliphatic carbocycles. The first-order valence-electron chi connectivity index (χ1n) is 7.75. The number of halogens is 2. The smallest absolute Gasteiger partial charge is 0.226 e. The summed E-state index contributed by atoms with van der Waals surface area (Å²) in [6.07, 6.45) is 0.567. The topological polar surface area (TPSA) is 92.3 Å². The first-order chi connectivity index (χ1) is 12.3. The van der Waals surface area contributed by atoms with Gasteiger partial charge in [0.2, 0.25) is 11.8 Å². The number of nitrogens with one attached hydrogen (secondary N) is 1. The summed E-state index contributed by atoms with van der Waals surface area (Å²) in [5.74, 6) is 0.121. The third-order valence-corrected chi connectivity index (χ3v) is 4.03. The molecule has 1 N–H and O–H groups in total. The van der Waals surface area contributed by atoms with Crippen molar-refractivity contribution in [2.75, 3.05) is 11.9 Å². The monoisotopic (exact) mass is 394 g/mol. The lowest BCUT2D eigenvalue weighted by Gasteiger charge is -2.08. The van der Waals surface area contributed by atoms with Gasteiger partial charge in [0.1, 0.15) is 23.1 Å². The number of furan rings is 1. The van der Waals surface area contributed by atoms with Crippen LogP contribution in [0.3, 0.4) is 0 Å². The molecule has 0 fully saturated rings. The van der Waals surface area contributed by atoms with Gasteiger partial charge in [-0.05, 0) is 38.5 Å². The highest BCUT2D eigenvalue weighted by Crippen LogP contribution is 2.28. The predicted octanol–water partition coefficient (Wildman–Crippen LogP) is 4.77. The normalized spacial score (nSPS) is 10.3. The van der Waals surface area contributed by atoms with Crippen LogP contribution in [0.25, 0.3) is 0 Å². The zero-order valence-electron chi connectivity index (χ0n) is 14.2. The number of benzene rings is 1. The van der Waals surface area contributed by atoms with Crippen molar-refractivity contribution in [3.63, 3.8) is 0 Å². The number of anilines is 1. The fourth-order valence-electron chi connectivity index (χ4n) is 2.36. The molecule has 0 saturated carbocycles. The Balaban J connectivity index is 1.89. The van der Waals surface area contributed by atoms with Crippen molar-refractivity contribution in [2.24, 2.45) is 0 Å². The molecule has 2 rings (SSSR count). The molecule has 26 heavy (non-hydrogen) atoms. The number of ether oxygens (including phenoxy) is 1. The lowest BCUT2D eigenvalue weighted by atomic mass is 10.1. The van der Waals surface area contributed by atoms with Crippen LogP contribution in [0.2, 0.25) is 10.0 Å². The Kier molecular flexibility index (Phi) is 6.67. The minimum Gasteiger partial charge on any atom is -0.492 e. The third-order valence-electron chi connectivity index (χ3n) is 3.50. The summed E-state index contributed by atoms with van der Waals surface area (Å²) in [6, 6.07) is 6.77. The Morgan fingerprint density at radius 1 is 1.35 bits per heavy atom. The molecule has 1 aromatic carbocycles. The maximum atomic E-state index is 12.0. The Bertz CT molecular complexity index is 884. The molecule has 8 heteroatoms. The molecular formula is C18H16Cl2N2O4. The van der Waals surface area contributed by atoms with Gasteiger partial charge in [0.25, 0.3) is 0 Å². The largest absolute Gasteiger partial charge is 0.492 e. The number of carbonyl (C=O) groups excluding carboxylic acids is 2. The van der Waals surface area contributed by atoms with Crippen molar-refractivity contribution in [3.8, 4) is 11.8 Å². The lowest BCUT2D eigenvalue weighted by molar-refractivity contribution is -0.116. The van der Waals surface area contributed by atoms with Crippen LogP contribution in [0.4, 0.5) is 5.88 Å². The molecule has 6 nitrogen and oxygen atoms in total. The van der Waals surface area contributed by atoms with E-state index in [4.69, 9.17) is 32.4 Å². The van der Waals surface area contributed by atoms with E-state index >= 15 is 0 Å². The number of rotatable bonds is 7. The number of amides is 1. The summed E-state index contributed by atoms with van der Waals surface area (Å²) in [4.78, 5) is 23.6. The molecular weight excluding hydrogens is 379 g/mol. The van der Waals surface area contributed by atoms with E-state index in [1.54, 1.807) is 25.1 Å². The van der Waals surface area contributed by atoms with Gasteiger partial charge in [-0.2, -0.15) is 5.26 Å². The second-order valence-electron chi connectivity index (χ2n) is 5.48. The predicted molar refractivity (Wildman–Crippen MR) is 98.0 cm³/mol. The molecule has 0 aliphatic heterocycles. The Morgan fingerprint density at radius 3 is 2.69 bits per heavy atom. The summed E-state index contributed by atoms with van der Waals surface area (Å²) in [5, 5.41) is 12.6. The van der Waals surface area contributed by atoms with E-state index in [0.717, 1.165) is 0 Å². The van der Waals surface area contributed by atoms with Crippen LogP contribution in [0.5, 0.6) is 5.75 Å². The van der Waals surface area contributed by atoms with Crippen LogP contribution in [0.1, 0.15) is 41.4 Å². The van der Waals surface area contributed by atoms with Gasteiger partial charge < -0.3 is 9.15 Å². The summed E-state index contributed by atoms with van der Waals surface area (Å²) in [6.45, 7) is 3.18. The van der Waals surface area contributed by atoms with Gasteiger partial charge >= 0.3 is 0 Å². The van der Waals surface area contributed by atoms with Crippen LogP contribution in [0.15, 0.2) is 22.6 Å². The van der Waals surface area contributed by atoms with E-state index in [1.165, 1.54) is 6.92 Å². The van der Waals surface area contributed by atoms with Crippen LogP contribution in [-0.2, 0) is 4.79 Å².